The summed E-state index contributed by atoms with van der Waals surface area (Å²) in [6, 6.07) is 17.5. The normalized spacial score (nSPS) is 12.7. The predicted molar refractivity (Wildman–Crippen MR) is 189 cm³/mol. The van der Waals surface area contributed by atoms with Crippen LogP contribution in [0.3, 0.4) is 0 Å². The second-order valence-corrected chi connectivity index (χ2v) is 12.1. The van der Waals surface area contributed by atoms with E-state index in [0.717, 1.165) is 24.6 Å². The van der Waals surface area contributed by atoms with E-state index in [1.54, 1.807) is 12.2 Å². The molecule has 0 spiro atoms. The Morgan fingerprint density at radius 2 is 1.00 bits per heavy atom. The second-order valence-electron chi connectivity index (χ2n) is 9.40. The predicted octanol–water partition coefficient (Wildman–Crippen LogP) is 10.0. The van der Waals surface area contributed by atoms with Crippen LogP contribution < -0.4 is 9.80 Å². The molecule has 0 aliphatic rings. The number of anilines is 2. The fraction of sp³-hybridized carbons (Fsp3) is 0.222. The Morgan fingerprint density at radius 1 is 0.625 bits per heavy atom. The maximum absolute atomic E-state index is 3.69. The minimum absolute atomic E-state index is 1.02. The third-order valence-corrected chi connectivity index (χ3v) is 8.43. The van der Waals surface area contributed by atoms with Gasteiger partial charge in [-0.15, -0.1) is 0 Å². The Bertz CT molecular complexity index is 1110. The van der Waals surface area contributed by atoms with Gasteiger partial charge in [-0.2, -0.15) is 0 Å². The van der Waals surface area contributed by atoms with Gasteiger partial charge in [-0.05, 0) is 49.2 Å². The van der Waals surface area contributed by atoms with Gasteiger partial charge in [0.05, 0.1) is 0 Å². The van der Waals surface area contributed by atoms with E-state index in [9.17, 15) is 0 Å². The van der Waals surface area contributed by atoms with Crippen molar-refractivity contribution in [2.75, 3.05) is 48.5 Å². The standard InChI is InChI=1S/C36H44N2S2/c1-7-9-11-13-31(3)15-17-33-19-23-35(24-20-33)37(5)27-29-39-40-30-28-38(6)36-25-21-34(22-26-36)18-16-32(4)14-12-10-8-2/h7-26H,1-2,27-30H2,3-6H3/b11-9-,12-10-,17-15+,18-16+,31-13+,32-14+. The molecule has 0 N–H and O–H groups in total. The van der Waals surface area contributed by atoms with Crippen molar-refractivity contribution in [1.82, 2.24) is 0 Å². The summed E-state index contributed by atoms with van der Waals surface area (Å²) in [6.45, 7) is 13.6. The highest BCUT2D eigenvalue weighted by molar-refractivity contribution is 8.76. The second kappa shape index (κ2) is 19.7. The smallest absolute Gasteiger partial charge is 0.0364 e. The van der Waals surface area contributed by atoms with E-state index >= 15 is 0 Å². The molecule has 2 aromatic carbocycles. The summed E-state index contributed by atoms with van der Waals surface area (Å²) in [4.78, 5) is 4.65. The summed E-state index contributed by atoms with van der Waals surface area (Å²) in [5.74, 6) is 2.18. The van der Waals surface area contributed by atoms with Crippen LogP contribution in [0.5, 0.6) is 0 Å². The van der Waals surface area contributed by atoms with Crippen molar-refractivity contribution in [3.63, 3.8) is 0 Å². The van der Waals surface area contributed by atoms with Crippen LogP contribution in [0.4, 0.5) is 11.4 Å². The molecule has 0 saturated carbocycles. The SMILES string of the molecule is C=C\C=C/C=C(C)/C=C/c1ccc(N(C)CCSSCCN(C)c2ccc(/C=C/C(C)=C/C=C\C=C)cc2)cc1. The van der Waals surface area contributed by atoms with E-state index in [1.165, 1.54) is 33.6 Å². The topological polar surface area (TPSA) is 6.48 Å². The molecule has 4 heteroatoms. The molecule has 40 heavy (non-hydrogen) atoms. The monoisotopic (exact) mass is 568 g/mol. The summed E-state index contributed by atoms with van der Waals surface area (Å²) >= 11 is 0. The van der Waals surface area contributed by atoms with Crippen molar-refractivity contribution >= 4 is 45.1 Å². The van der Waals surface area contributed by atoms with Gasteiger partial charge < -0.3 is 9.80 Å². The van der Waals surface area contributed by atoms with Crippen LogP contribution in [0.2, 0.25) is 0 Å². The van der Waals surface area contributed by atoms with E-state index in [0.29, 0.717) is 0 Å². The quantitative estimate of drug-likeness (QED) is 0.106. The fourth-order valence-corrected chi connectivity index (χ4v) is 5.63. The number of hydrogen-bond acceptors (Lipinski definition) is 4. The van der Waals surface area contributed by atoms with Crippen molar-refractivity contribution < 1.29 is 0 Å². The maximum Gasteiger partial charge on any atom is 0.0364 e. The van der Waals surface area contributed by atoms with Gasteiger partial charge in [-0.3, -0.25) is 0 Å². The molecule has 2 nitrogen and oxygen atoms in total. The molecule has 0 atom stereocenters. The fourth-order valence-electron chi connectivity index (χ4n) is 3.54. The first-order chi connectivity index (χ1) is 19.4. The van der Waals surface area contributed by atoms with Gasteiger partial charge in [-0.1, -0.05) is 143 Å². The Balaban J connectivity index is 1.68. The zero-order chi connectivity index (χ0) is 29.0. The molecule has 210 valence electrons. The Kier molecular flexibility index (Phi) is 16.2. The van der Waals surface area contributed by atoms with Crippen LogP contribution in [0.1, 0.15) is 25.0 Å². The van der Waals surface area contributed by atoms with Crippen molar-refractivity contribution in [1.29, 1.82) is 0 Å². The molecule has 0 aliphatic heterocycles. The van der Waals surface area contributed by atoms with Gasteiger partial charge in [0.2, 0.25) is 0 Å². The number of hydrogen-bond donors (Lipinski definition) is 0. The highest BCUT2D eigenvalue weighted by Gasteiger charge is 2.03. The first-order valence-electron chi connectivity index (χ1n) is 13.6. The summed E-state index contributed by atoms with van der Waals surface area (Å²) in [6.07, 6.45) is 24.2. The molecule has 0 bridgehead atoms. The summed E-state index contributed by atoms with van der Waals surface area (Å²) in [5, 5.41) is 0. The lowest BCUT2D eigenvalue weighted by molar-refractivity contribution is 0.977. The van der Waals surface area contributed by atoms with Gasteiger partial charge in [0.15, 0.2) is 0 Å². The molecule has 0 radical (unpaired) electrons. The molecule has 2 rings (SSSR count). The first-order valence-corrected chi connectivity index (χ1v) is 16.1. The highest BCUT2D eigenvalue weighted by Crippen LogP contribution is 2.23. The van der Waals surface area contributed by atoms with Gasteiger partial charge in [0.25, 0.3) is 0 Å². The lowest BCUT2D eigenvalue weighted by Crippen LogP contribution is -2.21. The molecular formula is C36H44N2S2. The molecule has 0 aliphatic carbocycles. The van der Waals surface area contributed by atoms with E-state index in [1.807, 2.05) is 45.9 Å². The lowest BCUT2D eigenvalue weighted by Gasteiger charge is -2.20. The summed E-state index contributed by atoms with van der Waals surface area (Å²) in [5.41, 5.74) is 7.32. The van der Waals surface area contributed by atoms with Gasteiger partial charge in [0.1, 0.15) is 0 Å². The summed E-state index contributed by atoms with van der Waals surface area (Å²) < 4.78 is 0. The number of benzene rings is 2. The molecule has 0 fully saturated rings. The van der Waals surface area contributed by atoms with E-state index in [2.05, 4.69) is 136 Å². The zero-order valence-corrected chi connectivity index (χ0v) is 26.1. The third kappa shape index (κ3) is 13.6. The van der Waals surface area contributed by atoms with Crippen LogP contribution in [0, 0.1) is 0 Å². The van der Waals surface area contributed by atoms with Crippen LogP contribution in [-0.2, 0) is 0 Å². The van der Waals surface area contributed by atoms with Crippen LogP contribution in [-0.4, -0.2) is 38.7 Å². The van der Waals surface area contributed by atoms with Crippen molar-refractivity contribution in [3.05, 3.63) is 145 Å². The number of rotatable bonds is 17. The molecule has 0 amide bonds. The number of nitrogens with zero attached hydrogens (tertiary/aromatic N) is 2. The average molecular weight is 569 g/mol. The summed E-state index contributed by atoms with van der Waals surface area (Å²) in [7, 11) is 8.23. The minimum Gasteiger partial charge on any atom is -0.374 e. The first kappa shape index (κ1) is 32.9. The van der Waals surface area contributed by atoms with E-state index < -0.39 is 0 Å². The van der Waals surface area contributed by atoms with Crippen LogP contribution in [0.25, 0.3) is 12.2 Å². The van der Waals surface area contributed by atoms with E-state index in [4.69, 9.17) is 0 Å². The van der Waals surface area contributed by atoms with Gasteiger partial charge >= 0.3 is 0 Å². The molecule has 0 aromatic heterocycles. The largest absolute Gasteiger partial charge is 0.374 e. The number of allylic oxidation sites excluding steroid dienone is 12. The van der Waals surface area contributed by atoms with E-state index in [-0.39, 0.29) is 0 Å². The lowest BCUT2D eigenvalue weighted by atomic mass is 10.1. The zero-order valence-electron chi connectivity index (χ0n) is 24.5. The molecule has 0 unspecified atom stereocenters. The van der Waals surface area contributed by atoms with Crippen molar-refractivity contribution in [2.45, 2.75) is 13.8 Å². The molecule has 0 saturated heterocycles. The van der Waals surface area contributed by atoms with Gasteiger partial charge in [0, 0.05) is 50.1 Å². The average Bonchev–Trinajstić information content (AvgIpc) is 2.97. The van der Waals surface area contributed by atoms with Crippen LogP contribution in [0.15, 0.2) is 134 Å². The molecule has 2 aromatic rings. The maximum atomic E-state index is 3.69. The molecular weight excluding hydrogens is 525 g/mol. The van der Waals surface area contributed by atoms with Crippen molar-refractivity contribution in [2.24, 2.45) is 0 Å². The van der Waals surface area contributed by atoms with Crippen molar-refractivity contribution in [3.8, 4) is 0 Å². The third-order valence-electron chi connectivity index (χ3n) is 6.06. The Morgan fingerprint density at radius 3 is 1.35 bits per heavy atom. The highest BCUT2D eigenvalue weighted by atomic mass is 33.1. The Labute approximate surface area is 251 Å². The Hall–Kier alpha value is -3.34. The molecule has 0 heterocycles. The van der Waals surface area contributed by atoms with Crippen LogP contribution >= 0.6 is 21.6 Å². The minimum atomic E-state index is 1.02. The van der Waals surface area contributed by atoms with Gasteiger partial charge in [-0.25, -0.2) is 0 Å².